The quantitative estimate of drug-likeness (QED) is 0.179. The van der Waals surface area contributed by atoms with Gasteiger partial charge in [-0.15, -0.1) is 0 Å². The first-order valence-electron chi connectivity index (χ1n) is 19.2. The molecule has 1 saturated carbocycles. The molecule has 1 aliphatic carbocycles. The topological polar surface area (TPSA) is 65.6 Å². The number of amides is 2. The van der Waals surface area contributed by atoms with Gasteiger partial charge in [0.2, 0.25) is 11.8 Å². The summed E-state index contributed by atoms with van der Waals surface area (Å²) < 4.78 is 11.9. The lowest BCUT2D eigenvalue weighted by molar-refractivity contribution is -0.135. The van der Waals surface area contributed by atoms with Crippen molar-refractivity contribution >= 4 is 29.1 Å². The van der Waals surface area contributed by atoms with Gasteiger partial charge in [-0.1, -0.05) is 41.9 Å². The third-order valence-electron chi connectivity index (χ3n) is 11.6. The van der Waals surface area contributed by atoms with Gasteiger partial charge in [0.1, 0.15) is 0 Å². The number of carbonyl (C=O) groups excluding carboxylic acids is 2. The minimum atomic E-state index is -0.341. The van der Waals surface area contributed by atoms with E-state index in [4.69, 9.17) is 21.1 Å². The van der Waals surface area contributed by atoms with Crippen molar-refractivity contribution in [1.29, 1.82) is 0 Å². The molecule has 280 valence electrons. The number of ether oxygens (including phenoxy) is 2. The Balaban J connectivity index is 1.13. The Labute approximate surface area is 316 Å². The van der Waals surface area contributed by atoms with E-state index in [-0.39, 0.29) is 30.4 Å². The third-order valence-corrected chi connectivity index (χ3v) is 11.8. The second kappa shape index (κ2) is 17.0. The van der Waals surface area contributed by atoms with E-state index in [1.807, 2.05) is 67.1 Å². The van der Waals surface area contributed by atoms with Crippen molar-refractivity contribution in [3.8, 4) is 11.5 Å². The van der Waals surface area contributed by atoms with Crippen LogP contribution in [-0.2, 0) is 22.4 Å². The second-order valence-corrected chi connectivity index (χ2v) is 16.0. The number of nitrogens with zero attached hydrogens (tertiary/aromatic N) is 4. The van der Waals surface area contributed by atoms with Crippen LogP contribution in [0.3, 0.4) is 0 Å². The van der Waals surface area contributed by atoms with Crippen LogP contribution < -0.4 is 14.4 Å². The molecule has 0 N–H and O–H groups in total. The highest BCUT2D eigenvalue weighted by Crippen LogP contribution is 2.44. The van der Waals surface area contributed by atoms with Crippen LogP contribution in [0.25, 0.3) is 0 Å². The van der Waals surface area contributed by atoms with Crippen molar-refractivity contribution in [1.82, 2.24) is 14.7 Å². The number of methoxy groups -OCH3 is 1. The van der Waals surface area contributed by atoms with Crippen molar-refractivity contribution < 1.29 is 19.1 Å². The zero-order valence-corrected chi connectivity index (χ0v) is 32.7. The van der Waals surface area contributed by atoms with Gasteiger partial charge in [0.15, 0.2) is 11.5 Å². The minimum absolute atomic E-state index is 0.0281. The number of hydrogen-bond acceptors (Lipinski definition) is 6. The van der Waals surface area contributed by atoms with Crippen LogP contribution in [0.2, 0.25) is 5.02 Å². The summed E-state index contributed by atoms with van der Waals surface area (Å²) >= 11 is 6.35. The Bertz CT molecular complexity index is 1690. The molecule has 8 nitrogen and oxygen atoms in total. The number of aryl methyl sites for hydroxylation is 1. The number of fused-ring (bicyclic) bond motifs is 1. The maximum atomic E-state index is 14.2. The lowest BCUT2D eigenvalue weighted by Crippen LogP contribution is -2.53. The van der Waals surface area contributed by atoms with E-state index >= 15 is 0 Å². The number of carbonyl (C=O) groups is 2. The highest BCUT2D eigenvalue weighted by atomic mass is 35.5. The first kappa shape index (κ1) is 38.1. The Morgan fingerprint density at radius 1 is 0.923 bits per heavy atom. The van der Waals surface area contributed by atoms with Gasteiger partial charge in [-0.05, 0) is 131 Å². The van der Waals surface area contributed by atoms with Crippen molar-refractivity contribution in [2.45, 2.75) is 96.4 Å². The second-order valence-electron chi connectivity index (χ2n) is 15.5. The predicted molar refractivity (Wildman–Crippen MR) is 210 cm³/mol. The van der Waals surface area contributed by atoms with E-state index in [1.165, 1.54) is 31.2 Å². The molecule has 2 fully saturated rings. The standard InChI is InChI=1S/C43H57ClN4O4/c1-29(2)52-40-26-37-34(24-39(40)51-6)25-41(49)48(43(37)33-16-18-35(44)19-17-33)38-13-8-7-11-32(38)12-9-10-30(3)46(5)27-31-14-20-36(21-15-31)47-23-22-45(4)42(50)28-47/h7-8,11,13,16-19,24,26,29-31,36,43H,9-10,12,14-15,20-23,25,27-28H2,1-6H3/t30?,31?,36?,43-/m0/s1. The minimum Gasteiger partial charge on any atom is -0.493 e. The number of benzene rings is 3. The summed E-state index contributed by atoms with van der Waals surface area (Å²) in [7, 11) is 5.83. The molecule has 0 bridgehead atoms. The molecule has 2 atom stereocenters. The van der Waals surface area contributed by atoms with E-state index in [0.717, 1.165) is 61.3 Å². The lowest BCUT2D eigenvalue weighted by atomic mass is 9.84. The zero-order valence-electron chi connectivity index (χ0n) is 31.9. The summed E-state index contributed by atoms with van der Waals surface area (Å²) in [6.07, 6.45) is 8.09. The summed E-state index contributed by atoms with van der Waals surface area (Å²) in [5.74, 6) is 2.33. The zero-order chi connectivity index (χ0) is 36.9. The summed E-state index contributed by atoms with van der Waals surface area (Å²) in [6.45, 7) is 9.90. The van der Waals surface area contributed by atoms with E-state index in [9.17, 15) is 9.59 Å². The molecule has 3 aromatic carbocycles. The Kier molecular flexibility index (Phi) is 12.5. The van der Waals surface area contributed by atoms with E-state index in [0.29, 0.717) is 41.1 Å². The van der Waals surface area contributed by atoms with Crippen molar-refractivity contribution in [2.24, 2.45) is 5.92 Å². The molecule has 2 heterocycles. The molecule has 1 saturated heterocycles. The van der Waals surface area contributed by atoms with Gasteiger partial charge in [-0.3, -0.25) is 14.5 Å². The van der Waals surface area contributed by atoms with E-state index in [1.54, 1.807) is 7.11 Å². The van der Waals surface area contributed by atoms with Crippen LogP contribution in [0.1, 0.15) is 87.6 Å². The van der Waals surface area contributed by atoms with E-state index < -0.39 is 0 Å². The fourth-order valence-electron chi connectivity index (χ4n) is 8.44. The summed E-state index contributed by atoms with van der Waals surface area (Å²) in [6, 6.07) is 20.9. The molecule has 0 radical (unpaired) electrons. The van der Waals surface area contributed by atoms with Crippen LogP contribution in [-0.4, -0.2) is 92.1 Å². The summed E-state index contributed by atoms with van der Waals surface area (Å²) in [5, 5.41) is 0.659. The monoisotopic (exact) mass is 728 g/mol. The Hall–Kier alpha value is -3.59. The molecular formula is C43H57ClN4O4. The van der Waals surface area contributed by atoms with Crippen molar-refractivity contribution in [3.63, 3.8) is 0 Å². The van der Waals surface area contributed by atoms with Crippen molar-refractivity contribution in [2.75, 3.05) is 52.3 Å². The number of anilines is 1. The van der Waals surface area contributed by atoms with Gasteiger partial charge in [0.25, 0.3) is 0 Å². The largest absolute Gasteiger partial charge is 0.493 e. The molecule has 2 amide bonds. The van der Waals surface area contributed by atoms with Crippen LogP contribution in [0.15, 0.2) is 60.7 Å². The van der Waals surface area contributed by atoms with Gasteiger partial charge in [-0.25, -0.2) is 0 Å². The Morgan fingerprint density at radius 3 is 2.35 bits per heavy atom. The van der Waals surface area contributed by atoms with Crippen LogP contribution >= 0.6 is 11.6 Å². The number of halogens is 1. The van der Waals surface area contributed by atoms with Crippen LogP contribution in [0, 0.1) is 5.92 Å². The first-order valence-corrected chi connectivity index (χ1v) is 19.6. The number of para-hydroxylation sites is 1. The highest BCUT2D eigenvalue weighted by Gasteiger charge is 2.37. The average Bonchev–Trinajstić information content (AvgIpc) is 3.13. The molecule has 1 unspecified atom stereocenters. The smallest absolute Gasteiger partial charge is 0.236 e. The molecule has 3 aromatic rings. The molecule has 9 heteroatoms. The molecule has 2 aliphatic heterocycles. The van der Waals surface area contributed by atoms with Gasteiger partial charge in [0, 0.05) is 49.5 Å². The molecule has 52 heavy (non-hydrogen) atoms. The van der Waals surface area contributed by atoms with Crippen molar-refractivity contribution in [3.05, 3.63) is 87.9 Å². The van der Waals surface area contributed by atoms with Gasteiger partial charge in [-0.2, -0.15) is 0 Å². The number of hydrogen-bond donors (Lipinski definition) is 0. The fraction of sp³-hybridized carbons (Fsp3) is 0.535. The van der Waals surface area contributed by atoms with E-state index in [2.05, 4.69) is 48.0 Å². The van der Waals surface area contributed by atoms with Gasteiger partial charge in [0.05, 0.1) is 32.2 Å². The maximum absolute atomic E-state index is 14.2. The molecular weight excluding hydrogens is 672 g/mol. The average molecular weight is 729 g/mol. The molecule has 6 rings (SSSR count). The fourth-order valence-corrected chi connectivity index (χ4v) is 8.57. The molecule has 3 aliphatic rings. The first-order chi connectivity index (χ1) is 25.0. The summed E-state index contributed by atoms with van der Waals surface area (Å²) in [4.78, 5) is 35.3. The van der Waals surface area contributed by atoms with Gasteiger partial charge >= 0.3 is 0 Å². The number of rotatable bonds is 13. The normalized spacial score (nSPS) is 21.8. The summed E-state index contributed by atoms with van der Waals surface area (Å²) in [5.41, 5.74) is 5.12. The SMILES string of the molecule is COc1cc2c(cc1OC(C)C)[C@H](c1ccc(Cl)cc1)N(c1ccccc1CCCC(C)N(C)CC1CCC(N3CCN(C)C(=O)C3)CC1)C(=O)C2. The van der Waals surface area contributed by atoms with Crippen LogP contribution in [0.5, 0.6) is 11.5 Å². The molecule has 0 spiro atoms. The van der Waals surface area contributed by atoms with Gasteiger partial charge < -0.3 is 24.2 Å². The third kappa shape index (κ3) is 8.78. The van der Waals surface area contributed by atoms with Crippen LogP contribution in [0.4, 0.5) is 5.69 Å². The number of piperazine rings is 1. The highest BCUT2D eigenvalue weighted by molar-refractivity contribution is 6.30. The predicted octanol–water partition coefficient (Wildman–Crippen LogP) is 7.79. The Morgan fingerprint density at radius 2 is 1.65 bits per heavy atom. The maximum Gasteiger partial charge on any atom is 0.236 e. The molecule has 0 aromatic heterocycles. The number of likely N-dealkylation sites (N-methyl/N-ethyl adjacent to an activating group) is 1. The lowest BCUT2D eigenvalue weighted by Gasteiger charge is -2.41.